The second kappa shape index (κ2) is 8.88. The molecule has 0 fully saturated rings. The fourth-order valence-corrected chi connectivity index (χ4v) is 3.26. The van der Waals surface area contributed by atoms with Gasteiger partial charge in [-0.2, -0.15) is 0 Å². The number of benzene rings is 2. The molecule has 1 aromatic heterocycles. The van der Waals surface area contributed by atoms with E-state index in [0.717, 1.165) is 11.1 Å². The molecule has 3 N–H and O–H groups in total. The number of halogens is 2. The zero-order chi connectivity index (χ0) is 19.2. The summed E-state index contributed by atoms with van der Waals surface area (Å²) in [6.45, 7) is 0.466. The number of hydrogen-bond acceptors (Lipinski definition) is 5. The molecule has 2 aromatic carbocycles. The maximum atomic E-state index is 12.9. The number of nitrogen functional groups attached to an aromatic ring is 1. The molecule has 1 amide bonds. The highest BCUT2D eigenvalue weighted by Gasteiger charge is 2.14. The van der Waals surface area contributed by atoms with Crippen LogP contribution < -0.4 is 11.2 Å². The highest BCUT2D eigenvalue weighted by atomic mass is 35.5. The summed E-state index contributed by atoms with van der Waals surface area (Å²) >= 11 is 7.17. The van der Waals surface area contributed by atoms with Crippen molar-refractivity contribution >= 4 is 29.3 Å². The minimum Gasteiger partial charge on any atom is -0.355 e. The van der Waals surface area contributed by atoms with Crippen molar-refractivity contribution in [3.63, 3.8) is 0 Å². The summed E-state index contributed by atoms with van der Waals surface area (Å²) in [4.78, 5) is 12.0. The predicted molar refractivity (Wildman–Crippen MR) is 104 cm³/mol. The highest BCUT2D eigenvalue weighted by molar-refractivity contribution is 7.99. The van der Waals surface area contributed by atoms with Gasteiger partial charge in [-0.25, -0.2) is 9.07 Å². The predicted octanol–water partition coefficient (Wildman–Crippen LogP) is 2.90. The molecule has 0 bridgehead atoms. The third-order valence-corrected chi connectivity index (χ3v) is 4.91. The number of carbonyl (C=O) groups is 1. The summed E-state index contributed by atoms with van der Waals surface area (Å²) in [7, 11) is 0. The fourth-order valence-electron chi connectivity index (χ4n) is 2.38. The third kappa shape index (κ3) is 5.21. The third-order valence-electron chi connectivity index (χ3n) is 3.73. The van der Waals surface area contributed by atoms with Crippen LogP contribution in [0.3, 0.4) is 0 Å². The fraction of sp³-hybridized carbons (Fsp3) is 0.167. The summed E-state index contributed by atoms with van der Waals surface area (Å²) in [5.74, 6) is 6.24. The molecule has 0 aliphatic heterocycles. The molecule has 0 atom stereocenters. The summed E-state index contributed by atoms with van der Waals surface area (Å²) in [5.41, 5.74) is 1.70. The Kier molecular flexibility index (Phi) is 6.31. The number of nitrogens with two attached hydrogens (primary N) is 1. The van der Waals surface area contributed by atoms with Crippen molar-refractivity contribution in [1.29, 1.82) is 0 Å². The molecule has 6 nitrogen and oxygen atoms in total. The number of hydrogen-bond donors (Lipinski definition) is 2. The van der Waals surface area contributed by atoms with Crippen LogP contribution in [0.1, 0.15) is 5.56 Å². The Morgan fingerprint density at radius 3 is 2.74 bits per heavy atom. The number of amides is 1. The van der Waals surface area contributed by atoms with E-state index in [4.69, 9.17) is 17.4 Å². The first-order valence-electron chi connectivity index (χ1n) is 8.13. The highest BCUT2D eigenvalue weighted by Crippen LogP contribution is 2.23. The van der Waals surface area contributed by atoms with Crippen molar-refractivity contribution in [2.24, 2.45) is 0 Å². The molecule has 0 radical (unpaired) electrons. The van der Waals surface area contributed by atoms with Gasteiger partial charge in [0.05, 0.1) is 5.75 Å². The standard InChI is InChI=1S/C18H17ClFN5OS/c19-14-3-1-2-13(10-14)17-23-24-18(25(17)21)27-11-16(26)22-9-8-12-4-6-15(20)7-5-12/h1-7,10H,8-9,11,21H2,(H,22,26). The molecule has 3 rings (SSSR count). The SMILES string of the molecule is Nn1c(SCC(=O)NCCc2ccc(F)cc2)nnc1-c1cccc(Cl)c1. The number of rotatable bonds is 7. The lowest BCUT2D eigenvalue weighted by Crippen LogP contribution is -2.27. The van der Waals surface area contributed by atoms with Gasteiger partial charge >= 0.3 is 0 Å². The monoisotopic (exact) mass is 405 g/mol. The van der Waals surface area contributed by atoms with Crippen molar-refractivity contribution in [3.8, 4) is 11.4 Å². The van der Waals surface area contributed by atoms with E-state index in [1.165, 1.54) is 28.6 Å². The maximum absolute atomic E-state index is 12.9. The molecule has 0 saturated carbocycles. The van der Waals surface area contributed by atoms with E-state index in [0.29, 0.717) is 29.0 Å². The molecule has 0 aliphatic rings. The zero-order valence-electron chi connectivity index (χ0n) is 14.2. The van der Waals surface area contributed by atoms with Crippen molar-refractivity contribution in [2.45, 2.75) is 11.6 Å². The average Bonchev–Trinajstić information content (AvgIpc) is 3.02. The zero-order valence-corrected chi connectivity index (χ0v) is 15.8. The molecule has 3 aromatic rings. The number of aromatic nitrogens is 3. The van der Waals surface area contributed by atoms with Crippen LogP contribution in [0.4, 0.5) is 4.39 Å². The van der Waals surface area contributed by atoms with Crippen molar-refractivity contribution in [2.75, 3.05) is 18.1 Å². The number of carbonyl (C=O) groups excluding carboxylic acids is 1. The van der Waals surface area contributed by atoms with Gasteiger partial charge < -0.3 is 11.2 Å². The lowest BCUT2D eigenvalue weighted by Gasteiger charge is -2.06. The molecule has 140 valence electrons. The summed E-state index contributed by atoms with van der Waals surface area (Å²) in [6, 6.07) is 13.3. The second-order valence-electron chi connectivity index (χ2n) is 5.70. The Hall–Kier alpha value is -2.58. The molecular weight excluding hydrogens is 389 g/mol. The Morgan fingerprint density at radius 2 is 2.00 bits per heavy atom. The number of nitrogens with one attached hydrogen (secondary N) is 1. The van der Waals surface area contributed by atoms with Crippen molar-refractivity contribution in [3.05, 3.63) is 64.9 Å². The molecule has 0 unspecified atom stereocenters. The van der Waals surface area contributed by atoms with E-state index >= 15 is 0 Å². The van der Waals surface area contributed by atoms with E-state index in [1.54, 1.807) is 30.3 Å². The normalized spacial score (nSPS) is 10.7. The van der Waals surface area contributed by atoms with Crippen LogP contribution >= 0.6 is 23.4 Å². The van der Waals surface area contributed by atoms with Crippen molar-refractivity contribution in [1.82, 2.24) is 20.2 Å². The Bertz CT molecular complexity index is 932. The van der Waals surface area contributed by atoms with Gasteiger partial charge in [-0.1, -0.05) is 47.6 Å². The van der Waals surface area contributed by atoms with Gasteiger partial charge in [0.15, 0.2) is 5.82 Å². The van der Waals surface area contributed by atoms with Gasteiger partial charge in [0.2, 0.25) is 11.1 Å². The van der Waals surface area contributed by atoms with Gasteiger partial charge in [-0.15, -0.1) is 10.2 Å². The van der Waals surface area contributed by atoms with E-state index in [-0.39, 0.29) is 17.5 Å². The Morgan fingerprint density at radius 1 is 1.22 bits per heavy atom. The van der Waals surface area contributed by atoms with Crippen molar-refractivity contribution < 1.29 is 9.18 Å². The smallest absolute Gasteiger partial charge is 0.230 e. The van der Waals surface area contributed by atoms with Crippen LogP contribution in [-0.4, -0.2) is 33.1 Å². The van der Waals surface area contributed by atoms with Crippen LogP contribution in [0.5, 0.6) is 0 Å². The van der Waals surface area contributed by atoms with Crippen LogP contribution in [0.15, 0.2) is 53.7 Å². The van der Waals surface area contributed by atoms with E-state index in [9.17, 15) is 9.18 Å². The van der Waals surface area contributed by atoms with Crippen LogP contribution in [0.25, 0.3) is 11.4 Å². The number of nitrogens with zero attached hydrogens (tertiary/aromatic N) is 3. The van der Waals surface area contributed by atoms with Gasteiger partial charge in [0, 0.05) is 17.1 Å². The Labute approximate surface area is 164 Å². The second-order valence-corrected chi connectivity index (χ2v) is 7.08. The summed E-state index contributed by atoms with van der Waals surface area (Å²) in [5, 5.41) is 11.9. The number of thioether (sulfide) groups is 1. The van der Waals surface area contributed by atoms with Crippen LogP contribution in [0.2, 0.25) is 5.02 Å². The largest absolute Gasteiger partial charge is 0.355 e. The summed E-state index contributed by atoms with van der Waals surface area (Å²) < 4.78 is 14.2. The van der Waals surface area contributed by atoms with E-state index < -0.39 is 0 Å². The van der Waals surface area contributed by atoms with Gasteiger partial charge in [-0.3, -0.25) is 4.79 Å². The van der Waals surface area contributed by atoms with Gasteiger partial charge in [0.1, 0.15) is 5.82 Å². The van der Waals surface area contributed by atoms with Gasteiger partial charge in [-0.05, 0) is 36.2 Å². The Balaban J connectivity index is 1.49. The molecular formula is C18H17ClFN5OS. The average molecular weight is 406 g/mol. The molecule has 27 heavy (non-hydrogen) atoms. The van der Waals surface area contributed by atoms with E-state index in [1.807, 2.05) is 6.07 Å². The maximum Gasteiger partial charge on any atom is 0.230 e. The topological polar surface area (TPSA) is 85.8 Å². The molecule has 1 heterocycles. The molecule has 9 heteroatoms. The molecule has 0 spiro atoms. The lowest BCUT2D eigenvalue weighted by molar-refractivity contribution is -0.118. The first kappa shape index (κ1) is 19.2. The quantitative estimate of drug-likeness (QED) is 0.466. The minimum atomic E-state index is -0.276. The van der Waals surface area contributed by atoms with Crippen LogP contribution in [-0.2, 0) is 11.2 Å². The van der Waals surface area contributed by atoms with Gasteiger partial charge in [0.25, 0.3) is 0 Å². The first-order chi connectivity index (χ1) is 13.0. The van der Waals surface area contributed by atoms with Crippen LogP contribution in [0, 0.1) is 5.82 Å². The van der Waals surface area contributed by atoms with E-state index in [2.05, 4.69) is 15.5 Å². The minimum absolute atomic E-state index is 0.144. The first-order valence-corrected chi connectivity index (χ1v) is 9.49. The molecule has 0 saturated heterocycles. The lowest BCUT2D eigenvalue weighted by atomic mass is 10.1. The summed E-state index contributed by atoms with van der Waals surface area (Å²) in [6.07, 6.45) is 0.628. The molecule has 0 aliphatic carbocycles.